The van der Waals surface area contributed by atoms with Crippen molar-refractivity contribution in [1.29, 1.82) is 0 Å². The lowest BCUT2D eigenvalue weighted by Crippen LogP contribution is -2.30. The molecule has 0 unspecified atom stereocenters. The number of para-hydroxylation sites is 1. The lowest BCUT2D eigenvalue weighted by Gasteiger charge is -2.13. The summed E-state index contributed by atoms with van der Waals surface area (Å²) in [5, 5.41) is 4.47. The second-order valence-electron chi connectivity index (χ2n) is 6.32. The third kappa shape index (κ3) is 4.69. The van der Waals surface area contributed by atoms with Gasteiger partial charge in [0.05, 0.1) is 5.75 Å². The number of aromatic nitrogens is 2. The summed E-state index contributed by atoms with van der Waals surface area (Å²) in [6.07, 6.45) is -0.884. The molecule has 0 bridgehead atoms. The number of carbonyl (C=O) groups is 2. The van der Waals surface area contributed by atoms with Crippen molar-refractivity contribution in [2.24, 2.45) is 0 Å². The van der Waals surface area contributed by atoms with Crippen molar-refractivity contribution >= 4 is 50.9 Å². The van der Waals surface area contributed by atoms with E-state index in [1.54, 1.807) is 30.4 Å². The molecule has 0 saturated heterocycles. The Hall–Kier alpha value is -2.45. The van der Waals surface area contributed by atoms with Gasteiger partial charge in [0.25, 0.3) is 5.91 Å². The van der Waals surface area contributed by atoms with Crippen LogP contribution < -0.4 is 5.32 Å². The van der Waals surface area contributed by atoms with Crippen molar-refractivity contribution in [1.82, 2.24) is 9.97 Å². The highest BCUT2D eigenvalue weighted by molar-refractivity contribution is 8.00. The lowest BCUT2D eigenvalue weighted by atomic mass is 10.2. The molecule has 1 atom stereocenters. The molecular weight excluding hydrogens is 394 g/mol. The molecule has 146 valence electrons. The molecule has 2 aromatic heterocycles. The molecule has 6 nitrogen and oxygen atoms in total. The summed E-state index contributed by atoms with van der Waals surface area (Å²) in [6, 6.07) is 9.05. The Bertz CT molecular complexity index is 1020. The zero-order chi connectivity index (χ0) is 20.3. The van der Waals surface area contributed by atoms with Crippen LogP contribution in [0.25, 0.3) is 10.2 Å². The van der Waals surface area contributed by atoms with Crippen molar-refractivity contribution in [3.8, 4) is 0 Å². The molecule has 0 saturated carbocycles. The Labute approximate surface area is 171 Å². The fourth-order valence-electron chi connectivity index (χ4n) is 2.60. The number of fused-ring (bicyclic) bond motifs is 1. The first kappa shape index (κ1) is 20.3. The van der Waals surface area contributed by atoms with Crippen LogP contribution in [0, 0.1) is 20.8 Å². The molecule has 0 radical (unpaired) electrons. The third-order valence-corrected chi connectivity index (χ3v) is 6.20. The lowest BCUT2D eigenvalue weighted by molar-refractivity contribution is -0.150. The Kier molecular flexibility index (Phi) is 6.31. The summed E-state index contributed by atoms with van der Waals surface area (Å²) in [6.45, 7) is 7.47. The first-order valence-corrected chi connectivity index (χ1v) is 10.6. The number of benzene rings is 1. The normalized spacial score (nSPS) is 12.0. The first-order valence-electron chi connectivity index (χ1n) is 8.77. The van der Waals surface area contributed by atoms with E-state index in [-0.39, 0.29) is 11.7 Å². The third-order valence-electron chi connectivity index (χ3n) is 4.15. The Balaban J connectivity index is 1.61. The number of thioether (sulfide) groups is 1. The highest BCUT2D eigenvalue weighted by atomic mass is 32.2. The van der Waals surface area contributed by atoms with E-state index in [0.29, 0.717) is 11.5 Å². The minimum Gasteiger partial charge on any atom is -0.452 e. The molecule has 0 aliphatic rings. The molecule has 8 heteroatoms. The molecule has 0 spiro atoms. The van der Waals surface area contributed by atoms with Crippen LogP contribution in [0.15, 0.2) is 35.4 Å². The molecule has 1 aromatic carbocycles. The maximum absolute atomic E-state index is 12.2. The molecular formula is C20H21N3O3S2. The van der Waals surface area contributed by atoms with Crippen LogP contribution in [-0.4, -0.2) is 33.7 Å². The predicted octanol–water partition coefficient (Wildman–Crippen LogP) is 4.28. The Morgan fingerprint density at radius 3 is 2.61 bits per heavy atom. The van der Waals surface area contributed by atoms with Gasteiger partial charge in [0.1, 0.15) is 15.7 Å². The molecule has 3 aromatic rings. The number of ether oxygens (including phenoxy) is 1. The number of aryl methyl sites for hydroxylation is 3. The summed E-state index contributed by atoms with van der Waals surface area (Å²) < 4.78 is 5.27. The van der Waals surface area contributed by atoms with E-state index >= 15 is 0 Å². The molecule has 0 fully saturated rings. The van der Waals surface area contributed by atoms with Gasteiger partial charge in [0, 0.05) is 16.0 Å². The van der Waals surface area contributed by atoms with E-state index < -0.39 is 12.1 Å². The molecule has 0 aliphatic heterocycles. The van der Waals surface area contributed by atoms with Crippen LogP contribution >= 0.6 is 23.1 Å². The topological polar surface area (TPSA) is 81.2 Å². The SMILES string of the molecule is Cc1nc(SCC(=O)O[C@@H](C)C(=O)Nc2ccccc2)c2c(C)c(C)sc2n1. The Morgan fingerprint density at radius 1 is 1.18 bits per heavy atom. The van der Waals surface area contributed by atoms with Crippen LogP contribution in [0.5, 0.6) is 0 Å². The monoisotopic (exact) mass is 415 g/mol. The van der Waals surface area contributed by atoms with Crippen molar-refractivity contribution in [2.45, 2.75) is 38.8 Å². The van der Waals surface area contributed by atoms with E-state index in [1.165, 1.54) is 16.6 Å². The summed E-state index contributed by atoms with van der Waals surface area (Å²) >= 11 is 2.93. The van der Waals surface area contributed by atoms with Gasteiger partial charge in [-0.1, -0.05) is 30.0 Å². The van der Waals surface area contributed by atoms with E-state index in [1.807, 2.05) is 39.0 Å². The average Bonchev–Trinajstić information content (AvgIpc) is 2.94. The van der Waals surface area contributed by atoms with Crippen molar-refractivity contribution in [3.05, 3.63) is 46.6 Å². The number of esters is 1. The first-order chi connectivity index (χ1) is 13.3. The van der Waals surface area contributed by atoms with Gasteiger partial charge in [-0.3, -0.25) is 9.59 Å². The van der Waals surface area contributed by atoms with Crippen molar-refractivity contribution in [3.63, 3.8) is 0 Å². The molecule has 28 heavy (non-hydrogen) atoms. The maximum atomic E-state index is 12.2. The van der Waals surface area contributed by atoms with Crippen LogP contribution in [0.2, 0.25) is 0 Å². The van der Waals surface area contributed by atoms with Gasteiger partial charge in [-0.25, -0.2) is 9.97 Å². The minimum absolute atomic E-state index is 0.0723. The second kappa shape index (κ2) is 8.70. The van der Waals surface area contributed by atoms with E-state index in [2.05, 4.69) is 15.3 Å². The molecule has 1 amide bonds. The smallest absolute Gasteiger partial charge is 0.317 e. The standard InChI is InChI=1S/C20H21N3O3S2/c1-11-13(3)28-20-17(11)19(21-14(4)22-20)27-10-16(24)26-12(2)18(25)23-15-8-6-5-7-9-15/h5-9,12H,10H2,1-4H3,(H,23,25)/t12-/m0/s1. The summed E-state index contributed by atoms with van der Waals surface area (Å²) in [7, 11) is 0. The highest BCUT2D eigenvalue weighted by Gasteiger charge is 2.20. The van der Waals surface area contributed by atoms with Gasteiger partial charge < -0.3 is 10.1 Å². The molecule has 0 aliphatic carbocycles. The zero-order valence-corrected chi connectivity index (χ0v) is 17.7. The number of nitrogens with one attached hydrogen (secondary N) is 1. The predicted molar refractivity (Wildman–Crippen MR) is 113 cm³/mol. The van der Waals surface area contributed by atoms with Crippen LogP contribution in [0.4, 0.5) is 5.69 Å². The Morgan fingerprint density at radius 2 is 1.89 bits per heavy atom. The number of rotatable bonds is 6. The van der Waals surface area contributed by atoms with Gasteiger partial charge >= 0.3 is 5.97 Å². The zero-order valence-electron chi connectivity index (χ0n) is 16.1. The fraction of sp³-hybridized carbons (Fsp3) is 0.300. The summed E-state index contributed by atoms with van der Waals surface area (Å²) in [5.74, 6) is -0.0906. The second-order valence-corrected chi connectivity index (χ2v) is 8.48. The van der Waals surface area contributed by atoms with Crippen LogP contribution in [-0.2, 0) is 14.3 Å². The molecule has 1 N–H and O–H groups in total. The van der Waals surface area contributed by atoms with Crippen molar-refractivity contribution < 1.29 is 14.3 Å². The number of amides is 1. The number of carbonyl (C=O) groups excluding carboxylic acids is 2. The molecule has 3 rings (SSSR count). The van der Waals surface area contributed by atoms with Crippen LogP contribution in [0.1, 0.15) is 23.2 Å². The largest absolute Gasteiger partial charge is 0.452 e. The van der Waals surface area contributed by atoms with Gasteiger partial charge in [-0.15, -0.1) is 11.3 Å². The number of thiophene rings is 1. The van der Waals surface area contributed by atoms with E-state index in [0.717, 1.165) is 20.8 Å². The van der Waals surface area contributed by atoms with Crippen LogP contribution in [0.3, 0.4) is 0 Å². The summed E-state index contributed by atoms with van der Waals surface area (Å²) in [5.41, 5.74) is 1.79. The van der Waals surface area contributed by atoms with Gasteiger partial charge in [-0.2, -0.15) is 0 Å². The number of hydrogen-bond acceptors (Lipinski definition) is 7. The van der Waals surface area contributed by atoms with Gasteiger partial charge in [0.2, 0.25) is 0 Å². The number of nitrogens with zero attached hydrogens (tertiary/aromatic N) is 2. The van der Waals surface area contributed by atoms with E-state index in [9.17, 15) is 9.59 Å². The van der Waals surface area contributed by atoms with Gasteiger partial charge in [-0.05, 0) is 45.4 Å². The maximum Gasteiger partial charge on any atom is 0.317 e. The average molecular weight is 416 g/mol. The van der Waals surface area contributed by atoms with E-state index in [4.69, 9.17) is 4.74 Å². The highest BCUT2D eigenvalue weighted by Crippen LogP contribution is 2.35. The fourth-order valence-corrected chi connectivity index (χ4v) is 4.65. The van der Waals surface area contributed by atoms with Crippen molar-refractivity contribution in [2.75, 3.05) is 11.1 Å². The minimum atomic E-state index is -0.884. The number of anilines is 1. The molecule has 2 heterocycles. The quantitative estimate of drug-likeness (QED) is 0.368. The summed E-state index contributed by atoms with van der Waals surface area (Å²) in [4.78, 5) is 35.5. The van der Waals surface area contributed by atoms with Gasteiger partial charge in [0.15, 0.2) is 6.10 Å². The number of hydrogen-bond donors (Lipinski definition) is 1.